The van der Waals surface area contributed by atoms with Crippen molar-refractivity contribution in [3.8, 4) is 0 Å². The number of nitrogen functional groups attached to an aromatic ring is 1. The van der Waals surface area contributed by atoms with Crippen LogP contribution in [0.25, 0.3) is 0 Å². The molecule has 0 aliphatic carbocycles. The molecule has 1 aliphatic rings. The molecule has 2 N–H and O–H groups in total. The van der Waals surface area contributed by atoms with Gasteiger partial charge in [0.1, 0.15) is 5.25 Å². The molecule has 0 spiro atoms. The van der Waals surface area contributed by atoms with E-state index in [-0.39, 0.29) is 0 Å². The Morgan fingerprint density at radius 2 is 2.16 bits per heavy atom. The second kappa shape index (κ2) is 5.05. The van der Waals surface area contributed by atoms with E-state index in [1.165, 1.54) is 11.8 Å². The van der Waals surface area contributed by atoms with Gasteiger partial charge in [0.25, 0.3) is 0 Å². The molecule has 0 fully saturated rings. The highest BCUT2D eigenvalue weighted by atomic mass is 32.2. The zero-order valence-electron chi connectivity index (χ0n) is 10.8. The number of hydrogen-bond acceptors (Lipinski definition) is 5. The first kappa shape index (κ1) is 14.2. The van der Waals surface area contributed by atoms with E-state index >= 15 is 0 Å². The van der Waals surface area contributed by atoms with Crippen LogP contribution in [0.5, 0.6) is 0 Å². The Bertz CT molecular complexity index is 613. The van der Waals surface area contributed by atoms with E-state index in [4.69, 9.17) is 5.73 Å². The Kier molecular flexibility index (Phi) is 3.78. The van der Waals surface area contributed by atoms with Crippen molar-refractivity contribution >= 4 is 38.9 Å². The number of anilines is 2. The molecule has 19 heavy (non-hydrogen) atoms. The van der Waals surface area contributed by atoms with Gasteiger partial charge in [0, 0.05) is 29.1 Å². The van der Waals surface area contributed by atoms with E-state index in [2.05, 4.69) is 0 Å². The number of carbonyl (C=O) groups is 1. The van der Waals surface area contributed by atoms with E-state index in [0.29, 0.717) is 17.9 Å². The van der Waals surface area contributed by atoms with Gasteiger partial charge in [0.2, 0.25) is 5.91 Å². The Hall–Kier alpha value is -1.21. The molecule has 1 atom stereocenters. The summed E-state index contributed by atoms with van der Waals surface area (Å²) in [6, 6.07) is 5.36. The molecule has 0 aromatic heterocycles. The maximum absolute atomic E-state index is 12.3. The van der Waals surface area contributed by atoms with Crippen LogP contribution in [0, 0.1) is 0 Å². The minimum atomic E-state index is -3.39. The number of nitrogens with zero attached hydrogens (tertiary/aromatic N) is 1. The van der Waals surface area contributed by atoms with Gasteiger partial charge in [0.05, 0.1) is 5.69 Å². The summed E-state index contributed by atoms with van der Waals surface area (Å²) in [5, 5.41) is -1.04. The molecule has 1 aromatic rings. The zero-order valence-corrected chi connectivity index (χ0v) is 12.4. The molecule has 0 bridgehead atoms. The number of rotatable bonds is 2. The molecule has 1 heterocycles. The van der Waals surface area contributed by atoms with Gasteiger partial charge in [-0.05, 0) is 25.1 Å². The third-order valence-electron chi connectivity index (χ3n) is 3.10. The second-order valence-electron chi connectivity index (χ2n) is 4.54. The number of fused-ring (bicyclic) bond motifs is 1. The Morgan fingerprint density at radius 3 is 2.79 bits per heavy atom. The largest absolute Gasteiger partial charge is 0.399 e. The second-order valence-corrected chi connectivity index (χ2v) is 8.04. The van der Waals surface area contributed by atoms with Gasteiger partial charge < -0.3 is 10.6 Å². The first-order valence-electron chi connectivity index (χ1n) is 5.83. The van der Waals surface area contributed by atoms with E-state index in [0.717, 1.165) is 16.9 Å². The molecule has 104 valence electrons. The molecule has 5 nitrogen and oxygen atoms in total. The molecular formula is C12H16N2O3S2. The molecule has 1 aromatic carbocycles. The SMILES string of the molecule is CC(C(=O)N1CCSc2ccc(N)cc21)S(C)(=O)=O. The van der Waals surface area contributed by atoms with E-state index in [9.17, 15) is 13.2 Å². The summed E-state index contributed by atoms with van der Waals surface area (Å²) in [6.07, 6.45) is 1.08. The monoisotopic (exact) mass is 300 g/mol. The van der Waals surface area contributed by atoms with E-state index in [1.807, 2.05) is 6.07 Å². The first-order valence-corrected chi connectivity index (χ1v) is 8.77. The fourth-order valence-corrected chi connectivity index (χ4v) is 3.33. The summed E-state index contributed by atoms with van der Waals surface area (Å²) < 4.78 is 23.0. The van der Waals surface area contributed by atoms with Gasteiger partial charge >= 0.3 is 0 Å². The fourth-order valence-electron chi connectivity index (χ4n) is 1.87. The molecule has 7 heteroatoms. The Labute approximate surface area is 117 Å². The molecule has 0 saturated carbocycles. The normalized spacial score (nSPS) is 16.8. The van der Waals surface area contributed by atoms with Crippen molar-refractivity contribution in [1.82, 2.24) is 0 Å². The molecule has 0 saturated heterocycles. The van der Waals surface area contributed by atoms with Crippen molar-refractivity contribution in [2.24, 2.45) is 0 Å². The summed E-state index contributed by atoms with van der Waals surface area (Å²) in [4.78, 5) is 14.8. The third-order valence-corrected chi connectivity index (χ3v) is 5.63. The van der Waals surface area contributed by atoms with Gasteiger partial charge in [-0.1, -0.05) is 0 Å². The average molecular weight is 300 g/mol. The number of hydrogen-bond donors (Lipinski definition) is 1. The number of amides is 1. The summed E-state index contributed by atoms with van der Waals surface area (Å²) in [6.45, 7) is 1.92. The molecule has 1 unspecified atom stereocenters. The first-order chi connectivity index (χ1) is 8.80. The number of thioether (sulfide) groups is 1. The zero-order chi connectivity index (χ0) is 14.2. The van der Waals surface area contributed by atoms with Crippen LogP contribution < -0.4 is 10.6 Å². The number of sulfone groups is 1. The minimum Gasteiger partial charge on any atom is -0.399 e. The van der Waals surface area contributed by atoms with E-state index in [1.54, 1.807) is 23.9 Å². The van der Waals surface area contributed by atoms with Crippen molar-refractivity contribution in [2.45, 2.75) is 17.1 Å². The fraction of sp³-hybridized carbons (Fsp3) is 0.417. The molecule has 1 amide bonds. The summed E-state index contributed by atoms with van der Waals surface area (Å²) in [5.74, 6) is 0.355. The van der Waals surface area contributed by atoms with Crippen LogP contribution in [0.4, 0.5) is 11.4 Å². The summed E-state index contributed by atoms with van der Waals surface area (Å²) >= 11 is 1.64. The molecule has 1 aliphatic heterocycles. The van der Waals surface area contributed by atoms with Gasteiger partial charge in [-0.3, -0.25) is 4.79 Å². The van der Waals surface area contributed by atoms with Crippen LogP contribution >= 0.6 is 11.8 Å². The lowest BCUT2D eigenvalue weighted by Gasteiger charge is -2.30. The van der Waals surface area contributed by atoms with Crippen molar-refractivity contribution in [3.05, 3.63) is 18.2 Å². The topological polar surface area (TPSA) is 80.5 Å². The minimum absolute atomic E-state index is 0.394. The van der Waals surface area contributed by atoms with Gasteiger partial charge in [-0.2, -0.15) is 0 Å². The van der Waals surface area contributed by atoms with E-state index < -0.39 is 21.0 Å². The lowest BCUT2D eigenvalue weighted by molar-refractivity contribution is -0.117. The van der Waals surface area contributed by atoms with Gasteiger partial charge in [-0.15, -0.1) is 11.8 Å². The maximum atomic E-state index is 12.3. The quantitative estimate of drug-likeness (QED) is 0.828. The molecular weight excluding hydrogens is 284 g/mol. The van der Waals surface area contributed by atoms with Crippen molar-refractivity contribution in [3.63, 3.8) is 0 Å². The number of benzene rings is 1. The van der Waals surface area contributed by atoms with Gasteiger partial charge in [0.15, 0.2) is 9.84 Å². The maximum Gasteiger partial charge on any atom is 0.245 e. The highest BCUT2D eigenvalue weighted by Gasteiger charge is 2.31. The van der Waals surface area contributed by atoms with Crippen LogP contribution in [0.2, 0.25) is 0 Å². The van der Waals surface area contributed by atoms with Crippen LogP contribution in [-0.4, -0.2) is 38.1 Å². The number of nitrogens with two attached hydrogens (primary N) is 1. The highest BCUT2D eigenvalue weighted by Crippen LogP contribution is 2.36. The lowest BCUT2D eigenvalue weighted by atomic mass is 10.2. The average Bonchev–Trinajstić information content (AvgIpc) is 2.35. The third kappa shape index (κ3) is 2.87. The van der Waals surface area contributed by atoms with Gasteiger partial charge in [-0.25, -0.2) is 8.42 Å². The van der Waals surface area contributed by atoms with Crippen molar-refractivity contribution in [1.29, 1.82) is 0 Å². The smallest absolute Gasteiger partial charge is 0.245 e. The lowest BCUT2D eigenvalue weighted by Crippen LogP contribution is -2.43. The molecule has 2 rings (SSSR count). The van der Waals surface area contributed by atoms with Crippen LogP contribution in [-0.2, 0) is 14.6 Å². The Morgan fingerprint density at radius 1 is 1.47 bits per heavy atom. The van der Waals surface area contributed by atoms with Crippen LogP contribution in [0.15, 0.2) is 23.1 Å². The van der Waals surface area contributed by atoms with Crippen molar-refractivity contribution in [2.75, 3.05) is 29.2 Å². The molecule has 0 radical (unpaired) electrons. The Balaban J connectivity index is 2.39. The summed E-state index contributed by atoms with van der Waals surface area (Å²) in [5.41, 5.74) is 7.01. The number of carbonyl (C=O) groups excluding carboxylic acids is 1. The standard InChI is InChI=1S/C12H16N2O3S2/c1-8(19(2,16)17)12(15)14-5-6-18-11-4-3-9(13)7-10(11)14/h3-4,7-8H,5-6,13H2,1-2H3. The summed E-state index contributed by atoms with van der Waals surface area (Å²) in [7, 11) is -3.39. The highest BCUT2D eigenvalue weighted by molar-refractivity contribution is 7.99. The van der Waals surface area contributed by atoms with Crippen LogP contribution in [0.3, 0.4) is 0 Å². The predicted octanol–water partition coefficient (Wildman–Crippen LogP) is 1.14. The predicted molar refractivity (Wildman–Crippen MR) is 78.2 cm³/mol. The van der Waals surface area contributed by atoms with Crippen LogP contribution in [0.1, 0.15) is 6.92 Å². The van der Waals surface area contributed by atoms with Crippen molar-refractivity contribution < 1.29 is 13.2 Å².